The highest BCUT2D eigenvalue weighted by atomic mass is 19.1. The summed E-state index contributed by atoms with van der Waals surface area (Å²) in [6.07, 6.45) is 0. The minimum absolute atomic E-state index is 0.188. The van der Waals surface area contributed by atoms with Gasteiger partial charge in [-0.3, -0.25) is 0 Å². The van der Waals surface area contributed by atoms with Crippen molar-refractivity contribution in [2.24, 2.45) is 0 Å². The molecular formula is C17H20FNO2. The van der Waals surface area contributed by atoms with Gasteiger partial charge in [-0.2, -0.15) is 0 Å². The van der Waals surface area contributed by atoms with Crippen LogP contribution in [0, 0.1) is 12.7 Å². The molecule has 0 aliphatic carbocycles. The van der Waals surface area contributed by atoms with Crippen molar-refractivity contribution >= 4 is 0 Å². The number of hydrogen-bond acceptors (Lipinski definition) is 3. The average Bonchev–Trinajstić information content (AvgIpc) is 2.51. The highest BCUT2D eigenvalue weighted by Crippen LogP contribution is 2.33. The summed E-state index contributed by atoms with van der Waals surface area (Å²) in [7, 11) is 4.99. The van der Waals surface area contributed by atoms with Crippen LogP contribution >= 0.6 is 0 Å². The molecule has 112 valence electrons. The third-order valence-electron chi connectivity index (χ3n) is 3.56. The summed E-state index contributed by atoms with van der Waals surface area (Å²) < 4.78 is 24.9. The first-order chi connectivity index (χ1) is 10.1. The fourth-order valence-corrected chi connectivity index (χ4v) is 2.43. The van der Waals surface area contributed by atoms with E-state index in [-0.39, 0.29) is 11.9 Å². The Balaban J connectivity index is 2.49. The van der Waals surface area contributed by atoms with E-state index < -0.39 is 0 Å². The monoisotopic (exact) mass is 289 g/mol. The molecule has 0 fully saturated rings. The number of nitrogens with one attached hydrogen (secondary N) is 1. The first-order valence-electron chi connectivity index (χ1n) is 6.76. The molecule has 2 rings (SSSR count). The SMILES string of the molecule is CNC(c1ccc(OC)c(OC)c1)c1cccc(C)c1F. The number of hydrogen-bond donors (Lipinski definition) is 1. The molecule has 21 heavy (non-hydrogen) atoms. The predicted molar refractivity (Wildman–Crippen MR) is 81.6 cm³/mol. The zero-order chi connectivity index (χ0) is 15.4. The molecule has 0 saturated heterocycles. The van der Waals surface area contributed by atoms with E-state index in [0.29, 0.717) is 22.6 Å². The summed E-state index contributed by atoms with van der Waals surface area (Å²) in [4.78, 5) is 0. The lowest BCUT2D eigenvalue weighted by atomic mass is 9.96. The summed E-state index contributed by atoms with van der Waals surface area (Å²) >= 11 is 0. The molecule has 1 atom stereocenters. The van der Waals surface area contributed by atoms with Crippen LogP contribution in [0.15, 0.2) is 36.4 Å². The van der Waals surface area contributed by atoms with E-state index in [1.807, 2.05) is 31.3 Å². The molecule has 0 aliphatic rings. The first-order valence-corrected chi connectivity index (χ1v) is 6.76. The van der Waals surface area contributed by atoms with Crippen molar-refractivity contribution in [1.82, 2.24) is 5.32 Å². The molecule has 1 unspecified atom stereocenters. The third kappa shape index (κ3) is 3.00. The Bertz CT molecular complexity index is 628. The molecule has 0 heterocycles. The predicted octanol–water partition coefficient (Wildman–Crippen LogP) is 3.46. The van der Waals surface area contributed by atoms with Crippen molar-refractivity contribution < 1.29 is 13.9 Å². The quantitative estimate of drug-likeness (QED) is 0.914. The van der Waals surface area contributed by atoms with Crippen molar-refractivity contribution in [2.75, 3.05) is 21.3 Å². The molecule has 2 aromatic rings. The largest absolute Gasteiger partial charge is 0.493 e. The van der Waals surface area contributed by atoms with Gasteiger partial charge in [-0.15, -0.1) is 0 Å². The van der Waals surface area contributed by atoms with Gasteiger partial charge >= 0.3 is 0 Å². The zero-order valence-electron chi connectivity index (χ0n) is 12.7. The normalized spacial score (nSPS) is 12.0. The highest BCUT2D eigenvalue weighted by molar-refractivity contribution is 5.46. The second-order valence-electron chi connectivity index (χ2n) is 4.81. The van der Waals surface area contributed by atoms with Crippen molar-refractivity contribution in [3.63, 3.8) is 0 Å². The number of halogens is 1. The lowest BCUT2D eigenvalue weighted by molar-refractivity contribution is 0.354. The van der Waals surface area contributed by atoms with Crippen LogP contribution in [-0.4, -0.2) is 21.3 Å². The Morgan fingerprint density at radius 2 is 1.76 bits per heavy atom. The molecule has 1 N–H and O–H groups in total. The van der Waals surface area contributed by atoms with E-state index in [9.17, 15) is 4.39 Å². The van der Waals surface area contributed by atoms with Crippen LogP contribution in [-0.2, 0) is 0 Å². The van der Waals surface area contributed by atoms with Crippen molar-refractivity contribution in [2.45, 2.75) is 13.0 Å². The van der Waals surface area contributed by atoms with Gasteiger partial charge in [0, 0.05) is 5.56 Å². The van der Waals surface area contributed by atoms with Crippen LogP contribution in [0.3, 0.4) is 0 Å². The summed E-state index contributed by atoms with van der Waals surface area (Å²) in [5.74, 6) is 1.09. The van der Waals surface area contributed by atoms with E-state index in [0.717, 1.165) is 5.56 Å². The van der Waals surface area contributed by atoms with Crippen LogP contribution in [0.5, 0.6) is 11.5 Å². The van der Waals surface area contributed by atoms with Gasteiger partial charge in [0.05, 0.1) is 20.3 Å². The Hall–Kier alpha value is -2.07. The van der Waals surface area contributed by atoms with Crippen LogP contribution < -0.4 is 14.8 Å². The van der Waals surface area contributed by atoms with Crippen molar-refractivity contribution in [1.29, 1.82) is 0 Å². The Morgan fingerprint density at radius 3 is 2.38 bits per heavy atom. The molecule has 0 aliphatic heterocycles. The van der Waals surface area contributed by atoms with Crippen LogP contribution in [0.25, 0.3) is 0 Å². The van der Waals surface area contributed by atoms with Gasteiger partial charge in [-0.1, -0.05) is 24.3 Å². The number of rotatable bonds is 5. The van der Waals surface area contributed by atoms with Gasteiger partial charge in [-0.05, 0) is 37.2 Å². The third-order valence-corrected chi connectivity index (χ3v) is 3.56. The second kappa shape index (κ2) is 6.59. The van der Waals surface area contributed by atoms with E-state index in [2.05, 4.69) is 5.32 Å². The Morgan fingerprint density at radius 1 is 1.05 bits per heavy atom. The van der Waals surface area contributed by atoms with Crippen LogP contribution in [0.1, 0.15) is 22.7 Å². The molecule has 0 saturated carbocycles. The van der Waals surface area contributed by atoms with Gasteiger partial charge in [-0.25, -0.2) is 4.39 Å². The minimum atomic E-state index is -0.246. The van der Waals surface area contributed by atoms with Crippen molar-refractivity contribution in [3.8, 4) is 11.5 Å². The molecule has 4 heteroatoms. The van der Waals surface area contributed by atoms with E-state index >= 15 is 0 Å². The standard InChI is InChI=1S/C17H20FNO2/c1-11-6-5-7-13(16(11)18)17(19-2)12-8-9-14(20-3)15(10-12)21-4/h5-10,17,19H,1-4H3. The molecule has 0 amide bonds. The van der Waals surface area contributed by atoms with E-state index in [1.54, 1.807) is 33.3 Å². The highest BCUT2D eigenvalue weighted by Gasteiger charge is 2.18. The van der Waals surface area contributed by atoms with Crippen LogP contribution in [0.2, 0.25) is 0 Å². The van der Waals surface area contributed by atoms with Gasteiger partial charge in [0.25, 0.3) is 0 Å². The number of benzene rings is 2. The number of aryl methyl sites for hydroxylation is 1. The van der Waals surface area contributed by atoms with Crippen LogP contribution in [0.4, 0.5) is 4.39 Å². The molecule has 0 bridgehead atoms. The molecule has 2 aromatic carbocycles. The first kappa shape index (κ1) is 15.3. The fraction of sp³-hybridized carbons (Fsp3) is 0.294. The second-order valence-corrected chi connectivity index (χ2v) is 4.81. The van der Waals surface area contributed by atoms with Gasteiger partial charge in [0.15, 0.2) is 11.5 Å². The maximum absolute atomic E-state index is 14.4. The van der Waals surface area contributed by atoms with Gasteiger partial charge in [0.1, 0.15) is 5.82 Å². The van der Waals surface area contributed by atoms with E-state index in [1.165, 1.54) is 0 Å². The molecule has 0 radical (unpaired) electrons. The topological polar surface area (TPSA) is 30.5 Å². The summed E-state index contributed by atoms with van der Waals surface area (Å²) in [6.45, 7) is 1.76. The number of methoxy groups -OCH3 is 2. The molecule has 3 nitrogen and oxygen atoms in total. The summed E-state index contributed by atoms with van der Waals surface area (Å²) in [6, 6.07) is 10.8. The Kier molecular flexibility index (Phi) is 4.81. The van der Waals surface area contributed by atoms with E-state index in [4.69, 9.17) is 9.47 Å². The minimum Gasteiger partial charge on any atom is -0.493 e. The van der Waals surface area contributed by atoms with Gasteiger partial charge < -0.3 is 14.8 Å². The summed E-state index contributed by atoms with van der Waals surface area (Å²) in [5.41, 5.74) is 2.16. The smallest absolute Gasteiger partial charge is 0.161 e. The molecule has 0 spiro atoms. The lowest BCUT2D eigenvalue weighted by Gasteiger charge is -2.20. The number of ether oxygens (including phenoxy) is 2. The lowest BCUT2D eigenvalue weighted by Crippen LogP contribution is -2.19. The summed E-state index contributed by atoms with van der Waals surface area (Å²) in [5, 5.41) is 3.16. The zero-order valence-corrected chi connectivity index (χ0v) is 12.7. The molecular weight excluding hydrogens is 269 g/mol. The average molecular weight is 289 g/mol. The fourth-order valence-electron chi connectivity index (χ4n) is 2.43. The van der Waals surface area contributed by atoms with Gasteiger partial charge in [0.2, 0.25) is 0 Å². The van der Waals surface area contributed by atoms with Crippen molar-refractivity contribution in [3.05, 3.63) is 58.9 Å². The maximum Gasteiger partial charge on any atom is 0.161 e. The molecule has 0 aromatic heterocycles. The Labute approximate surface area is 124 Å². The maximum atomic E-state index is 14.4.